The van der Waals surface area contributed by atoms with Crippen LogP contribution in [0, 0.1) is 6.92 Å². The second-order valence-electron chi connectivity index (χ2n) is 5.49. The maximum absolute atomic E-state index is 12.0. The van der Waals surface area contributed by atoms with E-state index >= 15 is 0 Å². The van der Waals surface area contributed by atoms with Crippen LogP contribution in [-0.2, 0) is 6.54 Å². The molecule has 5 nitrogen and oxygen atoms in total. The lowest BCUT2D eigenvalue weighted by Crippen LogP contribution is -2.19. The minimum Gasteiger partial charge on any atom is -0.444 e. The monoisotopic (exact) mass is 321 g/mol. The number of aryl methyl sites for hydroxylation is 1. The summed E-state index contributed by atoms with van der Waals surface area (Å²) < 4.78 is 5.53. The number of oxazole rings is 1. The van der Waals surface area contributed by atoms with Crippen molar-refractivity contribution >= 4 is 11.6 Å². The Kier molecular flexibility index (Phi) is 4.61. The number of carbonyl (C=O) groups excluding carboxylic acids is 1. The maximum atomic E-state index is 12.0. The fraction of sp³-hybridized carbons (Fsp3) is 0.158. The summed E-state index contributed by atoms with van der Waals surface area (Å²) in [6.07, 6.45) is 1.63. The Morgan fingerprint density at radius 3 is 2.71 bits per heavy atom. The Balaban J connectivity index is 1.75. The summed E-state index contributed by atoms with van der Waals surface area (Å²) >= 11 is 0. The minimum atomic E-state index is -0.119. The Morgan fingerprint density at radius 1 is 1.17 bits per heavy atom. The quantitative estimate of drug-likeness (QED) is 0.753. The van der Waals surface area contributed by atoms with Gasteiger partial charge < -0.3 is 15.1 Å². The van der Waals surface area contributed by atoms with Crippen molar-refractivity contribution in [1.29, 1.82) is 0 Å². The second kappa shape index (κ2) is 7.00. The van der Waals surface area contributed by atoms with E-state index in [0.29, 0.717) is 18.0 Å². The lowest BCUT2D eigenvalue weighted by atomic mass is 10.1. The van der Waals surface area contributed by atoms with Gasteiger partial charge in [0, 0.05) is 18.3 Å². The largest absolute Gasteiger partial charge is 0.444 e. The third-order valence-corrected chi connectivity index (χ3v) is 3.68. The Hall–Kier alpha value is -3.08. The van der Waals surface area contributed by atoms with Crippen LogP contribution >= 0.6 is 0 Å². The first-order valence-corrected chi connectivity index (χ1v) is 7.74. The number of carbonyl (C=O) groups is 1. The van der Waals surface area contributed by atoms with Gasteiger partial charge in [-0.25, -0.2) is 4.98 Å². The van der Waals surface area contributed by atoms with Gasteiger partial charge in [0.15, 0.2) is 0 Å². The van der Waals surface area contributed by atoms with E-state index in [-0.39, 0.29) is 5.91 Å². The molecule has 2 N–H and O–H groups in total. The summed E-state index contributed by atoms with van der Waals surface area (Å²) in [4.78, 5) is 16.5. The summed E-state index contributed by atoms with van der Waals surface area (Å²) in [6, 6.07) is 15.5. The predicted molar refractivity (Wildman–Crippen MR) is 93.8 cm³/mol. The molecule has 0 fully saturated rings. The highest BCUT2D eigenvalue weighted by atomic mass is 16.3. The van der Waals surface area contributed by atoms with Crippen molar-refractivity contribution < 1.29 is 9.21 Å². The van der Waals surface area contributed by atoms with Crippen molar-refractivity contribution in [2.24, 2.45) is 0 Å². The van der Waals surface area contributed by atoms with Crippen molar-refractivity contribution in [1.82, 2.24) is 10.3 Å². The van der Waals surface area contributed by atoms with Gasteiger partial charge in [-0.05, 0) is 31.2 Å². The number of benzene rings is 2. The van der Waals surface area contributed by atoms with Crippen LogP contribution in [0.4, 0.5) is 5.69 Å². The molecular weight excluding hydrogens is 302 g/mol. The standard InChI is InChI=1S/C19H19N3O2/c1-13-8-9-17(16(10-13)18(23)20-2)21-11-15-12-24-19(22-15)14-6-4-3-5-7-14/h3-10,12,21H,11H2,1-2H3,(H,20,23). The van der Waals surface area contributed by atoms with Crippen molar-refractivity contribution in [3.63, 3.8) is 0 Å². The van der Waals surface area contributed by atoms with E-state index in [0.717, 1.165) is 22.5 Å². The first-order valence-electron chi connectivity index (χ1n) is 7.74. The van der Waals surface area contributed by atoms with Crippen LogP contribution in [0.3, 0.4) is 0 Å². The summed E-state index contributed by atoms with van der Waals surface area (Å²) in [7, 11) is 1.62. The predicted octanol–water partition coefficient (Wildman–Crippen LogP) is 3.62. The van der Waals surface area contributed by atoms with Crippen LogP contribution in [0.1, 0.15) is 21.6 Å². The zero-order chi connectivity index (χ0) is 16.9. The summed E-state index contributed by atoms with van der Waals surface area (Å²) in [5.74, 6) is 0.467. The number of anilines is 1. The van der Waals surface area contributed by atoms with E-state index in [2.05, 4.69) is 15.6 Å². The molecule has 0 saturated carbocycles. The average molecular weight is 321 g/mol. The van der Waals surface area contributed by atoms with Gasteiger partial charge in [-0.15, -0.1) is 0 Å². The van der Waals surface area contributed by atoms with E-state index in [9.17, 15) is 4.79 Å². The van der Waals surface area contributed by atoms with E-state index < -0.39 is 0 Å². The zero-order valence-electron chi connectivity index (χ0n) is 13.7. The third kappa shape index (κ3) is 3.46. The van der Waals surface area contributed by atoms with E-state index in [1.165, 1.54) is 0 Å². The molecule has 3 aromatic rings. The number of hydrogen-bond acceptors (Lipinski definition) is 4. The first-order chi connectivity index (χ1) is 11.7. The molecule has 0 radical (unpaired) electrons. The van der Waals surface area contributed by atoms with Gasteiger partial charge in [0.2, 0.25) is 5.89 Å². The molecule has 122 valence electrons. The highest BCUT2D eigenvalue weighted by molar-refractivity contribution is 5.99. The van der Waals surface area contributed by atoms with Crippen molar-refractivity contribution in [2.45, 2.75) is 13.5 Å². The molecule has 0 spiro atoms. The van der Waals surface area contributed by atoms with Gasteiger partial charge in [-0.2, -0.15) is 0 Å². The molecule has 1 heterocycles. The van der Waals surface area contributed by atoms with Crippen molar-refractivity contribution in [2.75, 3.05) is 12.4 Å². The van der Waals surface area contributed by atoms with Crippen LogP contribution in [0.15, 0.2) is 59.2 Å². The normalized spacial score (nSPS) is 10.4. The van der Waals surface area contributed by atoms with Crippen LogP contribution in [0.25, 0.3) is 11.5 Å². The average Bonchev–Trinajstić information content (AvgIpc) is 3.09. The van der Waals surface area contributed by atoms with Crippen molar-refractivity contribution in [3.8, 4) is 11.5 Å². The first kappa shape index (κ1) is 15.8. The van der Waals surface area contributed by atoms with Gasteiger partial charge in [0.1, 0.15) is 6.26 Å². The lowest BCUT2D eigenvalue weighted by Gasteiger charge is -2.11. The third-order valence-electron chi connectivity index (χ3n) is 3.68. The number of rotatable bonds is 5. The number of aromatic nitrogens is 1. The molecular formula is C19H19N3O2. The number of amides is 1. The molecule has 2 aromatic carbocycles. The molecule has 1 amide bonds. The summed E-state index contributed by atoms with van der Waals surface area (Å²) in [5, 5.41) is 5.91. The fourth-order valence-corrected chi connectivity index (χ4v) is 2.42. The van der Waals surface area contributed by atoms with Crippen LogP contribution in [0.5, 0.6) is 0 Å². The number of nitrogens with zero attached hydrogens (tertiary/aromatic N) is 1. The number of nitrogens with one attached hydrogen (secondary N) is 2. The van der Waals surface area contributed by atoms with Gasteiger partial charge in [0.25, 0.3) is 5.91 Å². The molecule has 0 atom stereocenters. The molecule has 5 heteroatoms. The topological polar surface area (TPSA) is 67.2 Å². The molecule has 0 aliphatic carbocycles. The van der Waals surface area contributed by atoms with Gasteiger partial charge >= 0.3 is 0 Å². The smallest absolute Gasteiger partial charge is 0.253 e. The molecule has 0 aliphatic heterocycles. The van der Waals surface area contributed by atoms with Crippen LogP contribution in [0.2, 0.25) is 0 Å². The molecule has 24 heavy (non-hydrogen) atoms. The maximum Gasteiger partial charge on any atom is 0.253 e. The van der Waals surface area contributed by atoms with E-state index in [1.54, 1.807) is 13.3 Å². The fourth-order valence-electron chi connectivity index (χ4n) is 2.42. The second-order valence-corrected chi connectivity index (χ2v) is 5.49. The van der Waals surface area contributed by atoms with E-state index in [4.69, 9.17) is 4.42 Å². The van der Waals surface area contributed by atoms with Crippen LogP contribution < -0.4 is 10.6 Å². The molecule has 0 bridgehead atoms. The van der Waals surface area contributed by atoms with Gasteiger partial charge in [-0.1, -0.05) is 29.8 Å². The highest BCUT2D eigenvalue weighted by Crippen LogP contribution is 2.21. The van der Waals surface area contributed by atoms with Crippen LogP contribution in [-0.4, -0.2) is 17.9 Å². The minimum absolute atomic E-state index is 0.119. The molecule has 0 aliphatic rings. The Labute approximate surface area is 140 Å². The van der Waals surface area contributed by atoms with E-state index in [1.807, 2.05) is 55.5 Å². The number of hydrogen-bond donors (Lipinski definition) is 2. The molecule has 0 saturated heterocycles. The summed E-state index contributed by atoms with van der Waals surface area (Å²) in [5.41, 5.74) is 4.13. The lowest BCUT2D eigenvalue weighted by molar-refractivity contribution is 0.0964. The summed E-state index contributed by atoms with van der Waals surface area (Å²) in [6.45, 7) is 2.43. The zero-order valence-corrected chi connectivity index (χ0v) is 13.7. The Morgan fingerprint density at radius 2 is 1.96 bits per heavy atom. The van der Waals surface area contributed by atoms with Gasteiger partial charge in [-0.3, -0.25) is 4.79 Å². The molecule has 0 unspecified atom stereocenters. The Bertz CT molecular complexity index is 841. The van der Waals surface area contributed by atoms with Gasteiger partial charge in [0.05, 0.1) is 17.8 Å². The molecule has 1 aromatic heterocycles. The SMILES string of the molecule is CNC(=O)c1cc(C)ccc1NCc1coc(-c2ccccc2)n1. The van der Waals surface area contributed by atoms with Crippen molar-refractivity contribution in [3.05, 3.63) is 71.6 Å². The molecule has 3 rings (SSSR count). The highest BCUT2D eigenvalue weighted by Gasteiger charge is 2.11.